The van der Waals surface area contributed by atoms with Crippen LogP contribution in [0.4, 0.5) is 0 Å². The average molecular weight is 238 g/mol. The van der Waals surface area contributed by atoms with Gasteiger partial charge in [-0.05, 0) is 17.7 Å². The van der Waals surface area contributed by atoms with E-state index in [2.05, 4.69) is 10.6 Å². The summed E-state index contributed by atoms with van der Waals surface area (Å²) in [5.41, 5.74) is 10.3. The Labute approximate surface area is 101 Å². The number of hydrogen-bond donors (Lipinski definition) is 3. The van der Waals surface area contributed by atoms with E-state index in [4.69, 9.17) is 15.7 Å². The molecule has 0 heterocycles. The van der Waals surface area contributed by atoms with Gasteiger partial charge in [0.2, 0.25) is 0 Å². The number of nitrogens with two attached hydrogens (primary N) is 1. The molecule has 1 aromatic rings. The Balaban J connectivity index is 2.92. The van der Waals surface area contributed by atoms with Crippen molar-refractivity contribution >= 4 is 5.84 Å². The van der Waals surface area contributed by atoms with Crippen LogP contribution in [-0.2, 0) is 6.54 Å². The largest absolute Gasteiger partial charge is 0.496 e. The van der Waals surface area contributed by atoms with Gasteiger partial charge in [-0.1, -0.05) is 11.2 Å². The van der Waals surface area contributed by atoms with Crippen molar-refractivity contribution in [3.05, 3.63) is 29.3 Å². The number of ether oxygens (including phenoxy) is 1. The Bertz CT molecular complexity index is 404. The Morgan fingerprint density at radius 3 is 2.76 bits per heavy atom. The van der Waals surface area contributed by atoms with Crippen LogP contribution >= 0.6 is 0 Å². The molecule has 0 aliphatic heterocycles. The molecule has 6 heteroatoms. The fraction of sp³-hybridized carbons (Fsp3) is 0.364. The van der Waals surface area contributed by atoms with Gasteiger partial charge in [0.25, 0.3) is 0 Å². The molecule has 0 saturated heterocycles. The first-order valence-electron chi connectivity index (χ1n) is 5.14. The van der Waals surface area contributed by atoms with Crippen LogP contribution in [0.1, 0.15) is 11.1 Å². The van der Waals surface area contributed by atoms with Gasteiger partial charge in [-0.2, -0.15) is 0 Å². The molecule has 0 amide bonds. The van der Waals surface area contributed by atoms with Gasteiger partial charge in [0.1, 0.15) is 5.75 Å². The molecule has 0 fully saturated rings. The average Bonchev–Trinajstić information content (AvgIpc) is 2.34. The zero-order valence-electron chi connectivity index (χ0n) is 10.3. The van der Waals surface area contributed by atoms with Crippen molar-refractivity contribution in [2.75, 3.05) is 21.2 Å². The lowest BCUT2D eigenvalue weighted by Crippen LogP contribution is -2.29. The molecular weight excluding hydrogens is 220 g/mol. The molecule has 4 N–H and O–H groups in total. The van der Waals surface area contributed by atoms with E-state index >= 15 is 0 Å². The molecule has 0 aromatic heterocycles. The van der Waals surface area contributed by atoms with Crippen molar-refractivity contribution in [3.8, 4) is 5.75 Å². The van der Waals surface area contributed by atoms with Crippen LogP contribution in [0.15, 0.2) is 23.4 Å². The highest BCUT2D eigenvalue weighted by molar-refractivity contribution is 5.99. The number of nitrogens with zero attached hydrogens (tertiary/aromatic N) is 2. The Morgan fingerprint density at radius 1 is 1.53 bits per heavy atom. The minimum Gasteiger partial charge on any atom is -0.496 e. The molecule has 0 unspecified atom stereocenters. The molecule has 0 aliphatic carbocycles. The smallest absolute Gasteiger partial charge is 0.173 e. The Hall–Kier alpha value is -1.79. The van der Waals surface area contributed by atoms with E-state index in [9.17, 15) is 0 Å². The zero-order valence-corrected chi connectivity index (χ0v) is 10.3. The summed E-state index contributed by atoms with van der Waals surface area (Å²) in [7, 11) is 5.39. The van der Waals surface area contributed by atoms with Gasteiger partial charge in [-0.25, -0.2) is 0 Å². The van der Waals surface area contributed by atoms with Crippen LogP contribution < -0.4 is 15.9 Å². The first-order valence-corrected chi connectivity index (χ1v) is 5.14. The first kappa shape index (κ1) is 13.3. The van der Waals surface area contributed by atoms with Crippen LogP contribution in [0.5, 0.6) is 5.75 Å². The number of hydrazine groups is 1. The third-order valence-corrected chi connectivity index (χ3v) is 2.25. The zero-order chi connectivity index (χ0) is 12.8. The quantitative estimate of drug-likeness (QED) is 0.298. The van der Waals surface area contributed by atoms with Crippen molar-refractivity contribution in [1.29, 1.82) is 0 Å². The van der Waals surface area contributed by atoms with Gasteiger partial charge < -0.3 is 15.7 Å². The van der Waals surface area contributed by atoms with Crippen molar-refractivity contribution in [2.24, 2.45) is 10.9 Å². The standard InChI is InChI=1S/C11H18N4O2/c1-15(2)13-7-8-4-5-9(11(12)14-16)10(6-8)17-3/h4-6,13,16H,7H2,1-3H3,(H2,12,14). The fourth-order valence-corrected chi connectivity index (χ4v) is 1.36. The number of benzene rings is 1. The Morgan fingerprint density at radius 2 is 2.24 bits per heavy atom. The van der Waals surface area contributed by atoms with Gasteiger partial charge in [0.05, 0.1) is 12.7 Å². The van der Waals surface area contributed by atoms with Crippen LogP contribution in [0.2, 0.25) is 0 Å². The van der Waals surface area contributed by atoms with Gasteiger partial charge >= 0.3 is 0 Å². The summed E-state index contributed by atoms with van der Waals surface area (Å²) in [6.07, 6.45) is 0. The summed E-state index contributed by atoms with van der Waals surface area (Å²) in [6, 6.07) is 5.51. The predicted octanol–water partition coefficient (Wildman–Crippen LogP) is 0.356. The van der Waals surface area contributed by atoms with Crippen LogP contribution in [-0.4, -0.2) is 37.3 Å². The minimum atomic E-state index is 0.0361. The van der Waals surface area contributed by atoms with Gasteiger partial charge in [0, 0.05) is 20.6 Å². The van der Waals surface area contributed by atoms with Gasteiger partial charge in [0.15, 0.2) is 5.84 Å². The molecule has 17 heavy (non-hydrogen) atoms. The summed E-state index contributed by atoms with van der Waals surface area (Å²) in [6.45, 7) is 0.680. The highest BCUT2D eigenvalue weighted by atomic mass is 16.5. The third kappa shape index (κ3) is 3.61. The van der Waals surface area contributed by atoms with Crippen LogP contribution in [0, 0.1) is 0 Å². The molecule has 0 atom stereocenters. The number of oxime groups is 1. The molecule has 1 rings (SSSR count). The highest BCUT2D eigenvalue weighted by Crippen LogP contribution is 2.19. The van der Waals surface area contributed by atoms with Crippen LogP contribution in [0.25, 0.3) is 0 Å². The van der Waals surface area contributed by atoms with Crippen molar-refractivity contribution in [2.45, 2.75) is 6.54 Å². The molecule has 94 valence electrons. The van der Waals surface area contributed by atoms with Crippen molar-refractivity contribution in [1.82, 2.24) is 10.4 Å². The van der Waals surface area contributed by atoms with Crippen LogP contribution in [0.3, 0.4) is 0 Å². The summed E-state index contributed by atoms with van der Waals surface area (Å²) < 4.78 is 5.20. The van der Waals surface area contributed by atoms with E-state index in [1.54, 1.807) is 13.2 Å². The molecule has 1 aromatic carbocycles. The van der Waals surface area contributed by atoms with E-state index in [0.717, 1.165) is 5.56 Å². The number of methoxy groups -OCH3 is 1. The number of nitrogens with one attached hydrogen (secondary N) is 1. The van der Waals surface area contributed by atoms with E-state index in [0.29, 0.717) is 17.9 Å². The minimum absolute atomic E-state index is 0.0361. The lowest BCUT2D eigenvalue weighted by atomic mass is 10.1. The summed E-state index contributed by atoms with van der Waals surface area (Å²) >= 11 is 0. The molecule has 6 nitrogen and oxygen atoms in total. The second-order valence-electron chi connectivity index (χ2n) is 3.75. The second kappa shape index (κ2) is 6.07. The molecule has 0 spiro atoms. The van der Waals surface area contributed by atoms with E-state index in [1.807, 2.05) is 31.2 Å². The summed E-state index contributed by atoms with van der Waals surface area (Å²) in [5, 5.41) is 13.5. The SMILES string of the molecule is COc1cc(CNN(C)C)ccc1/C(N)=N/O. The van der Waals surface area contributed by atoms with Gasteiger partial charge in [-0.15, -0.1) is 0 Å². The molecule has 0 aliphatic rings. The number of rotatable bonds is 5. The van der Waals surface area contributed by atoms with Crippen molar-refractivity contribution in [3.63, 3.8) is 0 Å². The molecule has 0 bridgehead atoms. The lowest BCUT2D eigenvalue weighted by molar-refractivity contribution is 0.285. The Kier molecular flexibility index (Phi) is 4.74. The molecular formula is C11H18N4O2. The second-order valence-corrected chi connectivity index (χ2v) is 3.75. The van der Waals surface area contributed by atoms with Crippen molar-refractivity contribution < 1.29 is 9.94 Å². The maximum Gasteiger partial charge on any atom is 0.173 e. The summed E-state index contributed by atoms with van der Waals surface area (Å²) in [5.74, 6) is 0.618. The summed E-state index contributed by atoms with van der Waals surface area (Å²) in [4.78, 5) is 0. The molecule has 0 radical (unpaired) electrons. The van der Waals surface area contributed by atoms with E-state index < -0.39 is 0 Å². The normalized spacial score (nSPS) is 11.9. The number of hydrogen-bond acceptors (Lipinski definition) is 5. The topological polar surface area (TPSA) is 83.1 Å². The monoisotopic (exact) mass is 238 g/mol. The maximum atomic E-state index is 8.64. The number of amidine groups is 1. The maximum absolute atomic E-state index is 8.64. The van der Waals surface area contributed by atoms with E-state index in [-0.39, 0.29) is 5.84 Å². The van der Waals surface area contributed by atoms with E-state index in [1.165, 1.54) is 0 Å². The third-order valence-electron chi connectivity index (χ3n) is 2.25. The highest BCUT2D eigenvalue weighted by Gasteiger charge is 2.08. The predicted molar refractivity (Wildman–Crippen MR) is 66.0 cm³/mol. The van der Waals surface area contributed by atoms with Gasteiger partial charge in [-0.3, -0.25) is 10.4 Å². The molecule has 0 saturated carbocycles. The lowest BCUT2D eigenvalue weighted by Gasteiger charge is -2.13. The fourth-order valence-electron chi connectivity index (χ4n) is 1.36. The first-order chi connectivity index (χ1) is 8.08.